The Morgan fingerprint density at radius 3 is 2.33 bits per heavy atom. The minimum atomic E-state index is 0. The van der Waals surface area contributed by atoms with E-state index in [0.717, 1.165) is 34.3 Å². The fourth-order valence-electron chi connectivity index (χ4n) is 2.72. The summed E-state index contributed by atoms with van der Waals surface area (Å²) < 4.78 is 11.0. The number of ether oxygens (including phenoxy) is 2. The van der Waals surface area contributed by atoms with E-state index in [4.69, 9.17) is 9.47 Å². The molecule has 2 N–H and O–H groups in total. The summed E-state index contributed by atoms with van der Waals surface area (Å²) in [6, 6.07) is 21.8. The highest BCUT2D eigenvalue weighted by Gasteiger charge is 2.02. The minimum absolute atomic E-state index is 0. The van der Waals surface area contributed by atoms with Crippen molar-refractivity contribution >= 4 is 29.9 Å². The highest BCUT2D eigenvalue weighted by Crippen LogP contribution is 2.14. The van der Waals surface area contributed by atoms with Crippen LogP contribution in [0.1, 0.15) is 16.8 Å². The molecular formula is C23H27IN4O2. The van der Waals surface area contributed by atoms with Crippen molar-refractivity contribution in [2.75, 3.05) is 14.2 Å². The molecule has 0 atom stereocenters. The summed E-state index contributed by atoms with van der Waals surface area (Å²) in [7, 11) is 3.43. The second-order valence-corrected chi connectivity index (χ2v) is 6.38. The van der Waals surface area contributed by atoms with Crippen molar-refractivity contribution in [1.82, 2.24) is 15.6 Å². The molecule has 1 aromatic heterocycles. The number of aliphatic imine (C=N–C) groups is 1. The Kier molecular flexibility index (Phi) is 9.93. The standard InChI is InChI=1S/C23H26N4O2.HI/c1-24-23(27-16-19-6-5-8-22(14-19)28-2)26-15-18-9-11-21(12-10-18)29-17-20-7-3-4-13-25-20;/h3-14H,15-17H2,1-2H3,(H2,24,26,27);1H. The first kappa shape index (κ1) is 23.5. The Morgan fingerprint density at radius 2 is 1.67 bits per heavy atom. The number of benzene rings is 2. The van der Waals surface area contributed by atoms with E-state index in [1.807, 2.05) is 66.7 Å². The molecule has 30 heavy (non-hydrogen) atoms. The predicted octanol–water partition coefficient (Wildman–Crippen LogP) is 4.15. The van der Waals surface area contributed by atoms with Crippen LogP contribution in [0.3, 0.4) is 0 Å². The van der Waals surface area contributed by atoms with Crippen molar-refractivity contribution in [3.8, 4) is 11.5 Å². The molecule has 1 heterocycles. The zero-order valence-electron chi connectivity index (χ0n) is 17.2. The van der Waals surface area contributed by atoms with Crippen LogP contribution >= 0.6 is 24.0 Å². The highest BCUT2D eigenvalue weighted by molar-refractivity contribution is 14.0. The Hall–Kier alpha value is -2.81. The summed E-state index contributed by atoms with van der Waals surface area (Å²) >= 11 is 0. The van der Waals surface area contributed by atoms with Crippen LogP contribution in [0.5, 0.6) is 11.5 Å². The average molecular weight is 518 g/mol. The van der Waals surface area contributed by atoms with Crippen molar-refractivity contribution in [2.24, 2.45) is 4.99 Å². The first-order valence-corrected chi connectivity index (χ1v) is 9.46. The molecule has 3 aromatic rings. The Morgan fingerprint density at radius 1 is 0.900 bits per heavy atom. The number of halogens is 1. The number of nitrogens with zero attached hydrogens (tertiary/aromatic N) is 2. The highest BCUT2D eigenvalue weighted by atomic mass is 127. The van der Waals surface area contributed by atoms with Crippen molar-refractivity contribution < 1.29 is 9.47 Å². The van der Waals surface area contributed by atoms with Crippen LogP contribution in [0.2, 0.25) is 0 Å². The van der Waals surface area contributed by atoms with Crippen LogP contribution in [-0.2, 0) is 19.7 Å². The zero-order chi connectivity index (χ0) is 20.3. The molecule has 3 rings (SSSR count). The van der Waals surface area contributed by atoms with Crippen LogP contribution in [0, 0.1) is 0 Å². The summed E-state index contributed by atoms with van der Waals surface area (Å²) in [6.07, 6.45) is 1.77. The van der Waals surface area contributed by atoms with Crippen molar-refractivity contribution in [3.05, 3.63) is 89.7 Å². The first-order valence-electron chi connectivity index (χ1n) is 9.46. The molecule has 0 saturated heterocycles. The maximum atomic E-state index is 5.77. The fraction of sp³-hybridized carbons (Fsp3) is 0.217. The number of rotatable bonds is 8. The lowest BCUT2D eigenvalue weighted by Gasteiger charge is -2.13. The predicted molar refractivity (Wildman–Crippen MR) is 130 cm³/mol. The minimum Gasteiger partial charge on any atom is -0.497 e. The second kappa shape index (κ2) is 12.7. The molecule has 158 valence electrons. The number of pyridine rings is 1. The smallest absolute Gasteiger partial charge is 0.191 e. The number of methoxy groups -OCH3 is 1. The molecule has 2 aromatic carbocycles. The van der Waals surface area contributed by atoms with E-state index < -0.39 is 0 Å². The average Bonchev–Trinajstić information content (AvgIpc) is 2.79. The van der Waals surface area contributed by atoms with Crippen molar-refractivity contribution in [1.29, 1.82) is 0 Å². The van der Waals surface area contributed by atoms with Gasteiger partial charge < -0.3 is 20.1 Å². The van der Waals surface area contributed by atoms with Crippen LogP contribution in [-0.4, -0.2) is 25.1 Å². The lowest BCUT2D eigenvalue weighted by molar-refractivity contribution is 0.301. The molecule has 7 heteroatoms. The number of hydrogen-bond donors (Lipinski definition) is 2. The largest absolute Gasteiger partial charge is 0.497 e. The molecule has 0 aliphatic rings. The van der Waals surface area contributed by atoms with Gasteiger partial charge in [-0.1, -0.05) is 30.3 Å². The van der Waals surface area contributed by atoms with Gasteiger partial charge in [-0.2, -0.15) is 0 Å². The topological polar surface area (TPSA) is 67.8 Å². The third kappa shape index (κ3) is 7.55. The molecule has 0 aliphatic carbocycles. The number of hydrogen-bond acceptors (Lipinski definition) is 4. The number of nitrogens with one attached hydrogen (secondary N) is 2. The molecule has 6 nitrogen and oxygen atoms in total. The fourth-order valence-corrected chi connectivity index (χ4v) is 2.72. The quantitative estimate of drug-likeness (QED) is 0.267. The van der Waals surface area contributed by atoms with Gasteiger partial charge in [0.25, 0.3) is 0 Å². The Balaban J connectivity index is 0.00000320. The van der Waals surface area contributed by atoms with E-state index >= 15 is 0 Å². The van der Waals surface area contributed by atoms with Gasteiger partial charge in [0.15, 0.2) is 5.96 Å². The Bertz CT molecular complexity index is 918. The molecule has 0 aliphatic heterocycles. The van der Waals surface area contributed by atoms with Gasteiger partial charge in [-0.05, 0) is 47.5 Å². The molecule has 0 bridgehead atoms. The maximum absolute atomic E-state index is 5.77. The summed E-state index contributed by atoms with van der Waals surface area (Å²) in [5, 5.41) is 6.63. The van der Waals surface area contributed by atoms with E-state index in [1.54, 1.807) is 20.4 Å². The number of aromatic nitrogens is 1. The molecule has 0 spiro atoms. The van der Waals surface area contributed by atoms with Gasteiger partial charge in [0.05, 0.1) is 12.8 Å². The molecular weight excluding hydrogens is 491 g/mol. The van der Waals surface area contributed by atoms with Crippen LogP contribution < -0.4 is 20.1 Å². The molecule has 0 unspecified atom stereocenters. The van der Waals surface area contributed by atoms with Gasteiger partial charge in [-0.15, -0.1) is 24.0 Å². The van der Waals surface area contributed by atoms with Crippen LogP contribution in [0.25, 0.3) is 0 Å². The summed E-state index contributed by atoms with van der Waals surface area (Å²) in [5.41, 5.74) is 3.17. The van der Waals surface area contributed by atoms with Crippen LogP contribution in [0.4, 0.5) is 0 Å². The van der Waals surface area contributed by atoms with Gasteiger partial charge in [0.1, 0.15) is 18.1 Å². The van der Waals surface area contributed by atoms with Crippen molar-refractivity contribution in [2.45, 2.75) is 19.7 Å². The van der Waals surface area contributed by atoms with Gasteiger partial charge in [-0.25, -0.2) is 0 Å². The summed E-state index contributed by atoms with van der Waals surface area (Å²) in [4.78, 5) is 8.53. The number of guanidine groups is 1. The molecule has 0 fully saturated rings. The van der Waals surface area contributed by atoms with Gasteiger partial charge in [0, 0.05) is 26.3 Å². The molecule has 0 radical (unpaired) electrons. The van der Waals surface area contributed by atoms with Crippen molar-refractivity contribution in [3.63, 3.8) is 0 Å². The normalized spacial score (nSPS) is 10.7. The van der Waals surface area contributed by atoms with E-state index in [2.05, 4.69) is 20.6 Å². The third-order valence-corrected chi connectivity index (χ3v) is 4.31. The Labute approximate surface area is 194 Å². The van der Waals surface area contributed by atoms with E-state index in [9.17, 15) is 0 Å². The summed E-state index contributed by atoms with van der Waals surface area (Å²) in [6.45, 7) is 1.79. The van der Waals surface area contributed by atoms with Gasteiger partial charge >= 0.3 is 0 Å². The van der Waals surface area contributed by atoms with Gasteiger partial charge in [-0.3, -0.25) is 9.98 Å². The maximum Gasteiger partial charge on any atom is 0.191 e. The zero-order valence-corrected chi connectivity index (χ0v) is 19.5. The van der Waals surface area contributed by atoms with E-state index in [0.29, 0.717) is 19.7 Å². The van der Waals surface area contributed by atoms with Crippen LogP contribution in [0.15, 0.2) is 77.9 Å². The van der Waals surface area contributed by atoms with E-state index in [1.165, 1.54) is 0 Å². The lowest BCUT2D eigenvalue weighted by atomic mass is 10.2. The monoisotopic (exact) mass is 518 g/mol. The first-order chi connectivity index (χ1) is 14.3. The van der Waals surface area contributed by atoms with Gasteiger partial charge in [0.2, 0.25) is 0 Å². The lowest BCUT2D eigenvalue weighted by Crippen LogP contribution is -2.36. The second-order valence-electron chi connectivity index (χ2n) is 6.38. The van der Waals surface area contributed by atoms with E-state index in [-0.39, 0.29) is 24.0 Å². The molecule has 0 amide bonds. The SMILES string of the molecule is CN=C(NCc1ccc(OCc2ccccn2)cc1)NCc1cccc(OC)c1.I. The summed E-state index contributed by atoms with van der Waals surface area (Å²) in [5.74, 6) is 2.40. The molecule has 0 saturated carbocycles. The third-order valence-electron chi connectivity index (χ3n) is 4.31.